The SMILES string of the molecule is ICCCCCCc1ccc(-c2ccccc2)cc1. The zero-order valence-corrected chi connectivity index (χ0v) is 13.5. The molecule has 0 aromatic heterocycles. The molecule has 0 heterocycles. The first-order valence-electron chi connectivity index (χ1n) is 7.10. The second-order valence-corrected chi connectivity index (χ2v) is 5.99. The van der Waals surface area contributed by atoms with Crippen LogP contribution in [0.1, 0.15) is 31.2 Å². The van der Waals surface area contributed by atoms with Crippen molar-refractivity contribution in [3.05, 3.63) is 60.2 Å². The van der Waals surface area contributed by atoms with Gasteiger partial charge in [0.05, 0.1) is 0 Å². The van der Waals surface area contributed by atoms with Gasteiger partial charge in [-0.25, -0.2) is 0 Å². The van der Waals surface area contributed by atoms with Crippen LogP contribution in [0.3, 0.4) is 0 Å². The van der Waals surface area contributed by atoms with E-state index in [0.29, 0.717) is 0 Å². The van der Waals surface area contributed by atoms with Gasteiger partial charge in [-0.05, 0) is 40.4 Å². The van der Waals surface area contributed by atoms with Crippen molar-refractivity contribution in [2.75, 3.05) is 4.43 Å². The Hall–Kier alpha value is -0.830. The van der Waals surface area contributed by atoms with E-state index in [-0.39, 0.29) is 0 Å². The number of hydrogen-bond donors (Lipinski definition) is 0. The monoisotopic (exact) mass is 364 g/mol. The summed E-state index contributed by atoms with van der Waals surface area (Å²) in [5.41, 5.74) is 4.08. The van der Waals surface area contributed by atoms with Crippen molar-refractivity contribution in [3.8, 4) is 11.1 Å². The van der Waals surface area contributed by atoms with Crippen molar-refractivity contribution in [1.82, 2.24) is 0 Å². The normalized spacial score (nSPS) is 10.6. The third-order valence-corrected chi connectivity index (χ3v) is 4.17. The molecule has 0 aliphatic heterocycles. The van der Waals surface area contributed by atoms with Crippen LogP contribution in [-0.2, 0) is 6.42 Å². The Morgan fingerprint density at radius 3 is 1.95 bits per heavy atom. The first-order valence-corrected chi connectivity index (χ1v) is 8.63. The molecule has 2 rings (SSSR count). The van der Waals surface area contributed by atoms with Crippen molar-refractivity contribution in [2.45, 2.75) is 32.1 Å². The van der Waals surface area contributed by atoms with Crippen LogP contribution >= 0.6 is 22.6 Å². The van der Waals surface area contributed by atoms with E-state index in [1.165, 1.54) is 53.2 Å². The summed E-state index contributed by atoms with van der Waals surface area (Å²) in [4.78, 5) is 0. The van der Waals surface area contributed by atoms with Crippen LogP contribution in [0.15, 0.2) is 54.6 Å². The predicted octanol–water partition coefficient (Wildman–Crippen LogP) is 5.89. The third kappa shape index (κ3) is 4.98. The zero-order valence-electron chi connectivity index (χ0n) is 11.3. The number of hydrogen-bond acceptors (Lipinski definition) is 0. The van der Waals surface area contributed by atoms with Gasteiger partial charge in [0.15, 0.2) is 0 Å². The molecule has 0 saturated carbocycles. The molecule has 0 radical (unpaired) electrons. The highest BCUT2D eigenvalue weighted by molar-refractivity contribution is 14.1. The molecule has 1 heteroatoms. The lowest BCUT2D eigenvalue weighted by molar-refractivity contribution is 0.673. The Labute approximate surface area is 130 Å². The summed E-state index contributed by atoms with van der Waals surface area (Å²) >= 11 is 2.46. The lowest BCUT2D eigenvalue weighted by Crippen LogP contribution is -1.87. The van der Waals surface area contributed by atoms with Crippen LogP contribution in [0, 0.1) is 0 Å². The molecule has 0 bridgehead atoms. The second kappa shape index (κ2) is 8.36. The summed E-state index contributed by atoms with van der Waals surface area (Å²) in [5, 5.41) is 0. The van der Waals surface area contributed by atoms with Crippen LogP contribution in [0.5, 0.6) is 0 Å². The number of rotatable bonds is 7. The summed E-state index contributed by atoms with van der Waals surface area (Å²) in [5.74, 6) is 0. The van der Waals surface area contributed by atoms with E-state index in [1.54, 1.807) is 0 Å². The molecule has 0 amide bonds. The van der Waals surface area contributed by atoms with Crippen molar-refractivity contribution in [3.63, 3.8) is 0 Å². The molecule has 0 atom stereocenters. The molecule has 0 saturated heterocycles. The third-order valence-electron chi connectivity index (χ3n) is 3.41. The van der Waals surface area contributed by atoms with Crippen molar-refractivity contribution in [2.24, 2.45) is 0 Å². The van der Waals surface area contributed by atoms with Crippen LogP contribution in [0.25, 0.3) is 11.1 Å². The summed E-state index contributed by atoms with van der Waals surface area (Å²) in [6, 6.07) is 19.6. The van der Waals surface area contributed by atoms with Gasteiger partial charge in [0.1, 0.15) is 0 Å². The van der Waals surface area contributed by atoms with Crippen LogP contribution in [0.2, 0.25) is 0 Å². The molecule has 100 valence electrons. The minimum absolute atomic E-state index is 1.22. The summed E-state index contributed by atoms with van der Waals surface area (Å²) in [6.45, 7) is 0. The molecule has 0 aliphatic rings. The van der Waals surface area contributed by atoms with E-state index in [4.69, 9.17) is 0 Å². The van der Waals surface area contributed by atoms with E-state index in [0.717, 1.165) is 0 Å². The first kappa shape index (κ1) is 14.6. The standard InChI is InChI=1S/C18H21I/c19-15-7-2-1-4-8-16-11-13-18(14-12-16)17-9-5-3-6-10-17/h3,5-6,9-14H,1-2,4,7-8,15H2. The fraction of sp³-hybridized carbons (Fsp3) is 0.333. The highest BCUT2D eigenvalue weighted by Crippen LogP contribution is 2.20. The maximum Gasteiger partial charge on any atom is -0.000473 e. The second-order valence-electron chi connectivity index (χ2n) is 4.92. The van der Waals surface area contributed by atoms with Gasteiger partial charge in [0.2, 0.25) is 0 Å². The van der Waals surface area contributed by atoms with Gasteiger partial charge in [0.25, 0.3) is 0 Å². The molecule has 0 spiro atoms. The highest BCUT2D eigenvalue weighted by atomic mass is 127. The number of halogens is 1. The molecule has 0 fully saturated rings. The highest BCUT2D eigenvalue weighted by Gasteiger charge is 1.97. The summed E-state index contributed by atoms with van der Waals surface area (Å²) < 4.78 is 1.30. The van der Waals surface area contributed by atoms with Gasteiger partial charge < -0.3 is 0 Å². The summed E-state index contributed by atoms with van der Waals surface area (Å²) in [7, 11) is 0. The molecule has 0 aliphatic carbocycles. The minimum Gasteiger partial charge on any atom is -0.0864 e. The number of aryl methyl sites for hydroxylation is 1. The van der Waals surface area contributed by atoms with Gasteiger partial charge in [-0.3, -0.25) is 0 Å². The first-order chi connectivity index (χ1) is 9.40. The Morgan fingerprint density at radius 2 is 1.26 bits per heavy atom. The fourth-order valence-electron chi connectivity index (χ4n) is 2.27. The Kier molecular flexibility index (Phi) is 6.42. The molecule has 19 heavy (non-hydrogen) atoms. The van der Waals surface area contributed by atoms with Crippen molar-refractivity contribution in [1.29, 1.82) is 0 Å². The molecular formula is C18H21I. The van der Waals surface area contributed by atoms with Crippen LogP contribution in [-0.4, -0.2) is 4.43 Å². The quantitative estimate of drug-likeness (QED) is 0.326. The Balaban J connectivity index is 1.85. The molecule has 0 nitrogen and oxygen atoms in total. The van der Waals surface area contributed by atoms with Crippen molar-refractivity contribution >= 4 is 22.6 Å². The number of benzene rings is 2. The van der Waals surface area contributed by atoms with Gasteiger partial charge in [-0.15, -0.1) is 0 Å². The minimum atomic E-state index is 1.22. The molecular weight excluding hydrogens is 343 g/mol. The van der Waals surface area contributed by atoms with Crippen molar-refractivity contribution < 1.29 is 0 Å². The van der Waals surface area contributed by atoms with E-state index >= 15 is 0 Å². The zero-order chi connectivity index (χ0) is 13.3. The fourth-order valence-corrected chi connectivity index (χ4v) is 2.81. The smallest absolute Gasteiger partial charge is 0.000473 e. The van der Waals surface area contributed by atoms with Gasteiger partial charge in [-0.1, -0.05) is 90.0 Å². The Morgan fingerprint density at radius 1 is 0.632 bits per heavy atom. The number of unbranched alkanes of at least 4 members (excludes halogenated alkanes) is 3. The molecule has 2 aromatic carbocycles. The van der Waals surface area contributed by atoms with Gasteiger partial charge >= 0.3 is 0 Å². The van der Waals surface area contributed by atoms with E-state index in [9.17, 15) is 0 Å². The average Bonchev–Trinajstić information content (AvgIpc) is 2.49. The van der Waals surface area contributed by atoms with E-state index in [1.807, 2.05) is 0 Å². The average molecular weight is 364 g/mol. The van der Waals surface area contributed by atoms with Gasteiger partial charge in [0, 0.05) is 0 Å². The van der Waals surface area contributed by atoms with Gasteiger partial charge in [-0.2, -0.15) is 0 Å². The maximum atomic E-state index is 2.46. The van der Waals surface area contributed by atoms with Crippen LogP contribution < -0.4 is 0 Å². The molecule has 0 unspecified atom stereocenters. The van der Waals surface area contributed by atoms with E-state index in [2.05, 4.69) is 77.2 Å². The predicted molar refractivity (Wildman–Crippen MR) is 92.9 cm³/mol. The molecule has 0 N–H and O–H groups in total. The Bertz CT molecular complexity index is 459. The lowest BCUT2D eigenvalue weighted by Gasteiger charge is -2.04. The number of alkyl halides is 1. The van der Waals surface area contributed by atoms with Crippen LogP contribution in [0.4, 0.5) is 0 Å². The molecule has 2 aromatic rings. The lowest BCUT2D eigenvalue weighted by atomic mass is 10.0. The maximum absolute atomic E-state index is 2.46. The van der Waals surface area contributed by atoms with E-state index < -0.39 is 0 Å². The topological polar surface area (TPSA) is 0 Å². The summed E-state index contributed by atoms with van der Waals surface area (Å²) in [6.07, 6.45) is 6.65. The largest absolute Gasteiger partial charge is 0.0864 e.